The topological polar surface area (TPSA) is 171 Å². The predicted molar refractivity (Wildman–Crippen MR) is 211 cm³/mol. The van der Waals surface area contributed by atoms with Crippen molar-refractivity contribution in [2.75, 3.05) is 0 Å². The van der Waals surface area contributed by atoms with E-state index >= 15 is 0 Å². The number of hydrogen-bond acceptors (Lipinski definition) is 10. The van der Waals surface area contributed by atoms with Gasteiger partial charge in [-0.05, 0) is 122 Å². The van der Waals surface area contributed by atoms with E-state index < -0.39 is 74.3 Å². The van der Waals surface area contributed by atoms with Gasteiger partial charge in [0.15, 0.2) is 0 Å². The molecule has 5 aromatic carbocycles. The minimum absolute atomic E-state index is 0.0504. The van der Waals surface area contributed by atoms with Gasteiger partial charge in [-0.15, -0.1) is 0 Å². The smallest absolute Gasteiger partial charge is 0.207 e. The highest BCUT2D eigenvalue weighted by molar-refractivity contribution is 8.15. The molecule has 0 saturated heterocycles. The average molecular weight is 1020 g/mol. The minimum atomic E-state index is -3.81. The number of aryl methyl sites for hydroxylation is 3. The molecule has 0 atom stereocenters. The van der Waals surface area contributed by atoms with Crippen molar-refractivity contribution in [3.8, 4) is 0 Å². The quantitative estimate of drug-likeness (QED) is 0.122. The molecule has 0 unspecified atom stereocenters. The lowest BCUT2D eigenvalue weighted by Crippen LogP contribution is -1.94. The maximum Gasteiger partial charge on any atom is 0.261 e. The Morgan fingerprint density at radius 3 is 1.00 bits per heavy atom. The van der Waals surface area contributed by atoms with Gasteiger partial charge < -0.3 is 0 Å². The molecule has 58 heavy (non-hydrogen) atoms. The summed E-state index contributed by atoms with van der Waals surface area (Å²) < 4.78 is 169. The molecule has 318 valence electrons. The van der Waals surface area contributed by atoms with Crippen molar-refractivity contribution in [2.24, 2.45) is 0 Å². The first-order valence-electron chi connectivity index (χ1n) is 14.8. The molecule has 10 nitrogen and oxygen atoms in total. The largest absolute Gasteiger partial charge is 0.261 e. The summed E-state index contributed by atoms with van der Waals surface area (Å²) in [6.45, 7) is 4.57. The van der Waals surface area contributed by atoms with E-state index in [1.54, 1.807) is 13.8 Å². The van der Waals surface area contributed by atoms with Gasteiger partial charge in [0.25, 0.3) is 45.3 Å². The highest BCUT2D eigenvalue weighted by Gasteiger charge is 2.14. The fraction of sp³-hybridized carbons (Fsp3) is 0.0909. The minimum Gasteiger partial charge on any atom is -0.207 e. The summed E-state index contributed by atoms with van der Waals surface area (Å²) in [6, 6.07) is 19.2. The number of rotatable bonds is 5. The molecule has 0 amide bonds. The summed E-state index contributed by atoms with van der Waals surface area (Å²) in [5.41, 5.74) is 1.09. The second-order valence-electron chi connectivity index (χ2n) is 10.8. The highest BCUT2D eigenvalue weighted by Crippen LogP contribution is 2.21. The molecule has 0 aliphatic heterocycles. The van der Waals surface area contributed by atoms with E-state index in [2.05, 4.69) is 0 Å². The van der Waals surface area contributed by atoms with E-state index in [1.165, 1.54) is 43.3 Å². The van der Waals surface area contributed by atoms with Gasteiger partial charge in [0.1, 0.15) is 29.1 Å². The molecule has 0 heterocycles. The lowest BCUT2D eigenvalue weighted by Gasteiger charge is -1.99. The number of benzene rings is 5. The first-order valence-corrected chi connectivity index (χ1v) is 26.3. The third kappa shape index (κ3) is 19.3. The Balaban J connectivity index is 0.000000363. The van der Waals surface area contributed by atoms with Gasteiger partial charge in [0.05, 0.1) is 24.5 Å². The third-order valence-electron chi connectivity index (χ3n) is 6.42. The van der Waals surface area contributed by atoms with Crippen molar-refractivity contribution in [3.05, 3.63) is 149 Å². The molecule has 0 aliphatic rings. The lowest BCUT2D eigenvalue weighted by atomic mass is 10.2. The standard InChI is InChI=1S/3C7H6ClFO2S.2C6H4ClFO2S/c1-5-4-6(9)2-3-7(5)12(8,10)11;2*1-5-2-3-6(4-7(5)9)12(8,10)11;7-11(9,10)6-3-1-5(8)2-4-6;7-11(9,10)6-3-1-2-5(8)4-6/h3*2-4H,1H3;2*1-4H. The number of halogens is 10. The lowest BCUT2D eigenvalue weighted by molar-refractivity contribution is 0.598. The van der Waals surface area contributed by atoms with Crippen LogP contribution in [-0.4, -0.2) is 42.1 Å². The Labute approximate surface area is 354 Å². The maximum atomic E-state index is 12.8. The van der Waals surface area contributed by atoms with Crippen LogP contribution in [0.2, 0.25) is 0 Å². The van der Waals surface area contributed by atoms with Gasteiger partial charge in [-0.3, -0.25) is 0 Å². The second-order valence-corrected chi connectivity index (χ2v) is 23.6. The van der Waals surface area contributed by atoms with Gasteiger partial charge in [-0.2, -0.15) is 0 Å². The molecular formula is C33H26Cl5F5O10S5. The predicted octanol–water partition coefficient (Wildman–Crippen LogP) is 9.69. The molecule has 0 fully saturated rings. The SMILES string of the molecule is Cc1cc(F)ccc1S(=O)(=O)Cl.Cc1ccc(S(=O)(=O)Cl)cc1F.Cc1ccc(S(=O)(=O)Cl)cc1F.O=S(=O)(Cl)c1ccc(F)cc1.O=S(=O)(Cl)c1cccc(F)c1. The second kappa shape index (κ2) is 22.0. The zero-order valence-corrected chi connectivity index (χ0v) is 37.1. The molecule has 25 heteroatoms. The molecule has 0 spiro atoms. The zero-order chi connectivity index (χ0) is 45.0. The van der Waals surface area contributed by atoms with E-state index in [0.717, 1.165) is 66.7 Å². The van der Waals surface area contributed by atoms with Crippen LogP contribution in [0.3, 0.4) is 0 Å². The van der Waals surface area contributed by atoms with Gasteiger partial charge in [0, 0.05) is 53.4 Å². The fourth-order valence-corrected chi connectivity index (χ4v) is 7.82. The first-order chi connectivity index (χ1) is 26.2. The van der Waals surface area contributed by atoms with Crippen molar-refractivity contribution in [2.45, 2.75) is 45.2 Å². The Morgan fingerprint density at radius 1 is 0.345 bits per heavy atom. The van der Waals surface area contributed by atoms with Crippen LogP contribution in [-0.2, 0) is 45.3 Å². The zero-order valence-electron chi connectivity index (χ0n) is 29.2. The van der Waals surface area contributed by atoms with E-state index in [-0.39, 0.29) is 24.5 Å². The van der Waals surface area contributed by atoms with Gasteiger partial charge >= 0.3 is 0 Å². The molecule has 5 rings (SSSR count). The maximum absolute atomic E-state index is 12.8. The fourth-order valence-electron chi connectivity index (χ4n) is 3.55. The summed E-state index contributed by atoms with van der Waals surface area (Å²) in [5.74, 6) is -2.73. The van der Waals surface area contributed by atoms with E-state index in [1.807, 2.05) is 0 Å². The van der Waals surface area contributed by atoms with Crippen LogP contribution in [0, 0.1) is 49.9 Å². The van der Waals surface area contributed by atoms with Crippen LogP contribution in [0.4, 0.5) is 22.0 Å². The summed E-state index contributed by atoms with van der Waals surface area (Å²) in [4.78, 5) is -0.801. The molecule has 5 aromatic rings. The van der Waals surface area contributed by atoms with Crippen LogP contribution in [0.5, 0.6) is 0 Å². The Hall–Kier alpha value is -3.05. The monoisotopic (exact) mass is 1010 g/mol. The Morgan fingerprint density at radius 2 is 0.690 bits per heavy atom. The molecule has 0 radical (unpaired) electrons. The van der Waals surface area contributed by atoms with Crippen molar-refractivity contribution in [3.63, 3.8) is 0 Å². The van der Waals surface area contributed by atoms with Crippen LogP contribution < -0.4 is 0 Å². The molecule has 0 bridgehead atoms. The van der Waals surface area contributed by atoms with Crippen LogP contribution in [0.15, 0.2) is 128 Å². The van der Waals surface area contributed by atoms with E-state index in [4.69, 9.17) is 53.4 Å². The van der Waals surface area contributed by atoms with Crippen LogP contribution in [0.25, 0.3) is 0 Å². The van der Waals surface area contributed by atoms with Crippen LogP contribution in [0.1, 0.15) is 16.7 Å². The number of hydrogen-bond donors (Lipinski definition) is 0. The van der Waals surface area contributed by atoms with Crippen molar-refractivity contribution in [1.29, 1.82) is 0 Å². The Bertz CT molecular complexity index is 2720. The van der Waals surface area contributed by atoms with Crippen molar-refractivity contribution >= 4 is 98.7 Å². The molecule has 0 N–H and O–H groups in total. The average Bonchev–Trinajstić information content (AvgIpc) is 3.06. The molecule has 0 aliphatic carbocycles. The van der Waals surface area contributed by atoms with Gasteiger partial charge in [-0.1, -0.05) is 18.2 Å². The first kappa shape index (κ1) is 53.0. The van der Waals surface area contributed by atoms with E-state index in [9.17, 15) is 64.0 Å². The highest BCUT2D eigenvalue weighted by atomic mass is 35.7. The third-order valence-corrected chi connectivity index (χ3v) is 13.3. The summed E-state index contributed by atoms with van der Waals surface area (Å²) in [7, 11) is 6.07. The normalized spacial score (nSPS) is 11.5. The molecule has 0 aromatic heterocycles. The summed E-state index contributed by atoms with van der Waals surface area (Å²) in [5, 5.41) is 0. The van der Waals surface area contributed by atoms with E-state index in [0.29, 0.717) is 16.7 Å². The Kier molecular flexibility index (Phi) is 20.1. The molecule has 0 saturated carbocycles. The van der Waals surface area contributed by atoms with Crippen molar-refractivity contribution < 1.29 is 64.0 Å². The van der Waals surface area contributed by atoms with Crippen LogP contribution >= 0.6 is 53.4 Å². The van der Waals surface area contributed by atoms with Gasteiger partial charge in [-0.25, -0.2) is 64.0 Å². The summed E-state index contributed by atoms with van der Waals surface area (Å²) in [6.07, 6.45) is 0. The summed E-state index contributed by atoms with van der Waals surface area (Å²) >= 11 is 0. The van der Waals surface area contributed by atoms with Gasteiger partial charge in [0.2, 0.25) is 0 Å². The molecular weight excluding hydrogens is 989 g/mol. The van der Waals surface area contributed by atoms with Crippen molar-refractivity contribution in [1.82, 2.24) is 0 Å².